The predicted octanol–water partition coefficient (Wildman–Crippen LogP) is 6.40. The molecule has 2 aromatic rings. The maximum absolute atomic E-state index is 14.9. The average Bonchev–Trinajstić information content (AvgIpc) is 2.74. The Balaban J connectivity index is 1.79. The highest BCUT2D eigenvalue weighted by molar-refractivity contribution is 9.10. The van der Waals surface area contributed by atoms with E-state index in [4.69, 9.17) is 4.99 Å². The Morgan fingerprint density at radius 3 is 2.73 bits per heavy atom. The van der Waals surface area contributed by atoms with Gasteiger partial charge in [-0.25, -0.2) is 13.6 Å². The van der Waals surface area contributed by atoms with Gasteiger partial charge in [-0.15, -0.1) is 0 Å². The lowest BCUT2D eigenvalue weighted by Gasteiger charge is -2.45. The van der Waals surface area contributed by atoms with Gasteiger partial charge in [0.25, 0.3) is 0 Å². The molecular formula is C22H21BrF2N2O2S. The molecule has 4 rings (SSSR count). The van der Waals surface area contributed by atoms with E-state index in [0.29, 0.717) is 22.9 Å². The summed E-state index contributed by atoms with van der Waals surface area (Å²) in [5.41, 5.74) is 0.297. The van der Waals surface area contributed by atoms with Crippen molar-refractivity contribution in [1.29, 1.82) is 0 Å². The number of nitrogens with zero attached hydrogens (tertiary/aromatic N) is 2. The molecule has 1 fully saturated rings. The lowest BCUT2D eigenvalue weighted by molar-refractivity contribution is 0.165. The number of carboxylic acid groups (broad SMARTS) is 1. The van der Waals surface area contributed by atoms with Gasteiger partial charge in [0, 0.05) is 17.4 Å². The summed E-state index contributed by atoms with van der Waals surface area (Å²) >= 11 is 4.57. The molecule has 1 N–H and O–H groups in total. The van der Waals surface area contributed by atoms with Crippen molar-refractivity contribution in [3.63, 3.8) is 0 Å². The summed E-state index contributed by atoms with van der Waals surface area (Å²) in [6, 6.07) is 11.7. The van der Waals surface area contributed by atoms with E-state index in [1.807, 2.05) is 30.3 Å². The fourth-order valence-corrected chi connectivity index (χ4v) is 6.03. The predicted molar refractivity (Wildman–Crippen MR) is 118 cm³/mol. The topological polar surface area (TPSA) is 52.9 Å². The van der Waals surface area contributed by atoms with Crippen molar-refractivity contribution >= 4 is 39.0 Å². The zero-order valence-electron chi connectivity index (χ0n) is 16.2. The van der Waals surface area contributed by atoms with Crippen LogP contribution in [-0.4, -0.2) is 27.0 Å². The molecule has 1 heterocycles. The minimum Gasteiger partial charge on any atom is -0.465 e. The summed E-state index contributed by atoms with van der Waals surface area (Å²) in [5.74, 6) is -0.585. The second-order valence-electron chi connectivity index (χ2n) is 7.67. The highest BCUT2D eigenvalue weighted by Gasteiger charge is 2.47. The lowest BCUT2D eigenvalue weighted by Crippen LogP contribution is -2.46. The van der Waals surface area contributed by atoms with Gasteiger partial charge in [0.2, 0.25) is 0 Å². The largest absolute Gasteiger partial charge is 0.465 e. The maximum atomic E-state index is 14.9. The minimum absolute atomic E-state index is 0.0687. The van der Waals surface area contributed by atoms with Crippen LogP contribution in [0.1, 0.15) is 36.8 Å². The number of carbonyl (C=O) groups is 1. The van der Waals surface area contributed by atoms with Crippen LogP contribution in [-0.2, 0) is 12.1 Å². The van der Waals surface area contributed by atoms with E-state index < -0.39 is 23.3 Å². The molecule has 0 saturated heterocycles. The van der Waals surface area contributed by atoms with Gasteiger partial charge in [-0.05, 0) is 46.3 Å². The molecule has 158 valence electrons. The Bertz CT molecular complexity index is 989. The van der Waals surface area contributed by atoms with Gasteiger partial charge in [-0.1, -0.05) is 54.9 Å². The number of amidine groups is 1. The van der Waals surface area contributed by atoms with Crippen molar-refractivity contribution in [3.05, 3.63) is 69.7 Å². The Morgan fingerprint density at radius 2 is 2.00 bits per heavy atom. The first-order valence-corrected chi connectivity index (χ1v) is 11.6. The van der Waals surface area contributed by atoms with Gasteiger partial charge in [0.15, 0.2) is 5.17 Å². The van der Waals surface area contributed by atoms with Crippen LogP contribution in [0.15, 0.2) is 51.9 Å². The first-order valence-electron chi connectivity index (χ1n) is 9.83. The normalized spacial score (nSPS) is 23.4. The number of aliphatic imine (C=N–C) groups is 1. The van der Waals surface area contributed by atoms with Crippen LogP contribution in [0.5, 0.6) is 0 Å². The van der Waals surface area contributed by atoms with E-state index in [1.165, 1.54) is 22.7 Å². The maximum Gasteiger partial charge on any atom is 0.413 e. The van der Waals surface area contributed by atoms with Crippen LogP contribution < -0.4 is 0 Å². The second kappa shape index (κ2) is 8.67. The molecule has 0 spiro atoms. The van der Waals surface area contributed by atoms with Crippen molar-refractivity contribution in [3.8, 4) is 0 Å². The molecule has 0 aromatic heterocycles. The summed E-state index contributed by atoms with van der Waals surface area (Å²) in [7, 11) is 0. The zero-order valence-corrected chi connectivity index (χ0v) is 18.6. The van der Waals surface area contributed by atoms with E-state index in [2.05, 4.69) is 15.9 Å². The van der Waals surface area contributed by atoms with Gasteiger partial charge >= 0.3 is 6.09 Å². The molecule has 2 aromatic carbocycles. The SMILES string of the molecule is O=C(O)N(Cc1ccccc1)C1=N[C@@]2(c3cc(Br)c(F)cc3F)CCCCC2CS1. The molecule has 2 aliphatic rings. The molecule has 8 heteroatoms. The van der Waals surface area contributed by atoms with E-state index in [-0.39, 0.29) is 16.9 Å². The number of thioether (sulfide) groups is 1. The number of hydrogen-bond donors (Lipinski definition) is 1. The average molecular weight is 495 g/mol. The summed E-state index contributed by atoms with van der Waals surface area (Å²) < 4.78 is 29.0. The summed E-state index contributed by atoms with van der Waals surface area (Å²) in [6.45, 7) is 0.165. The second-order valence-corrected chi connectivity index (χ2v) is 9.51. The monoisotopic (exact) mass is 494 g/mol. The van der Waals surface area contributed by atoms with Gasteiger partial charge in [-0.3, -0.25) is 9.89 Å². The number of halogens is 3. The molecule has 1 amide bonds. The van der Waals surface area contributed by atoms with Crippen molar-refractivity contribution in [1.82, 2.24) is 4.90 Å². The van der Waals surface area contributed by atoms with Gasteiger partial charge in [0.1, 0.15) is 11.6 Å². The van der Waals surface area contributed by atoms with Crippen LogP contribution in [0, 0.1) is 17.6 Å². The Hall–Kier alpha value is -1.93. The van der Waals surface area contributed by atoms with Gasteiger partial charge < -0.3 is 5.11 Å². The van der Waals surface area contributed by atoms with Crippen LogP contribution in [0.4, 0.5) is 13.6 Å². The zero-order chi connectivity index (χ0) is 21.3. The van der Waals surface area contributed by atoms with E-state index in [9.17, 15) is 18.7 Å². The molecule has 0 bridgehead atoms. The molecule has 4 nitrogen and oxygen atoms in total. The number of benzene rings is 2. The quantitative estimate of drug-likeness (QED) is 0.502. The van der Waals surface area contributed by atoms with Gasteiger partial charge in [0.05, 0.1) is 16.6 Å². The molecule has 1 saturated carbocycles. The number of fused-ring (bicyclic) bond motifs is 1. The van der Waals surface area contributed by atoms with Crippen molar-refractivity contribution in [2.75, 3.05) is 5.75 Å². The number of rotatable bonds is 3. The highest BCUT2D eigenvalue weighted by Crippen LogP contribution is 2.51. The van der Waals surface area contributed by atoms with Crippen LogP contribution in [0.25, 0.3) is 0 Å². The summed E-state index contributed by atoms with van der Waals surface area (Å²) in [5, 5.41) is 10.2. The Morgan fingerprint density at radius 1 is 1.23 bits per heavy atom. The smallest absolute Gasteiger partial charge is 0.413 e. The fraction of sp³-hybridized carbons (Fsp3) is 0.364. The fourth-order valence-electron chi connectivity index (χ4n) is 4.37. The van der Waals surface area contributed by atoms with E-state index in [0.717, 1.165) is 30.9 Å². The number of hydrogen-bond acceptors (Lipinski definition) is 3. The van der Waals surface area contributed by atoms with Crippen LogP contribution in [0.2, 0.25) is 0 Å². The summed E-state index contributed by atoms with van der Waals surface area (Å²) in [4.78, 5) is 18.2. The molecule has 1 aliphatic carbocycles. The van der Waals surface area contributed by atoms with Crippen LogP contribution in [0.3, 0.4) is 0 Å². The van der Waals surface area contributed by atoms with E-state index in [1.54, 1.807) is 0 Å². The number of amides is 1. The Labute approximate surface area is 186 Å². The van der Waals surface area contributed by atoms with E-state index >= 15 is 0 Å². The van der Waals surface area contributed by atoms with Crippen molar-refractivity contribution < 1.29 is 18.7 Å². The van der Waals surface area contributed by atoms with Crippen molar-refractivity contribution in [2.45, 2.75) is 37.8 Å². The minimum atomic E-state index is -1.10. The third-order valence-corrected chi connectivity index (χ3v) is 7.61. The van der Waals surface area contributed by atoms with Crippen LogP contribution >= 0.6 is 27.7 Å². The third kappa shape index (κ3) is 3.99. The molecule has 1 aliphatic heterocycles. The standard InChI is InChI=1S/C22H21BrF2N2O2S/c23-17-10-16(18(24)11-19(17)25)22-9-5-4-8-15(22)13-30-20(26-22)27(21(28)29)12-14-6-2-1-3-7-14/h1-3,6-7,10-11,15H,4-5,8-9,12-13H2,(H,28,29)/t15?,22-/m0/s1. The first-order chi connectivity index (χ1) is 14.4. The summed E-state index contributed by atoms with van der Waals surface area (Å²) in [6.07, 6.45) is 2.27. The molecular weight excluding hydrogens is 474 g/mol. The van der Waals surface area contributed by atoms with Gasteiger partial charge in [-0.2, -0.15) is 0 Å². The Kier molecular flexibility index (Phi) is 6.16. The molecule has 2 atom stereocenters. The lowest BCUT2D eigenvalue weighted by atomic mass is 9.69. The molecule has 30 heavy (non-hydrogen) atoms. The molecule has 1 unspecified atom stereocenters. The third-order valence-electron chi connectivity index (χ3n) is 5.87. The highest BCUT2D eigenvalue weighted by atomic mass is 79.9. The van der Waals surface area contributed by atoms with Crippen molar-refractivity contribution in [2.24, 2.45) is 10.9 Å². The first kappa shape index (κ1) is 21.3. The molecule has 0 radical (unpaired) electrons.